The fraction of sp³-hybridized carbons (Fsp3) is 0.125. The quantitative estimate of drug-likeness (QED) is 0.680. The van der Waals surface area contributed by atoms with E-state index in [1.54, 1.807) is 0 Å². The second-order valence-corrected chi connectivity index (χ2v) is 5.06. The SMILES string of the molecule is CCc1ccc(-c2nnc(Cl)c3cc(F)c(F)cc23)cc1. The average Bonchev–Trinajstić information content (AvgIpc) is 2.50. The van der Waals surface area contributed by atoms with Gasteiger partial charge in [-0.2, -0.15) is 0 Å². The molecule has 0 radical (unpaired) electrons. The minimum Gasteiger partial charge on any atom is -0.204 e. The summed E-state index contributed by atoms with van der Waals surface area (Å²) in [6.45, 7) is 2.06. The van der Waals surface area contributed by atoms with Crippen molar-refractivity contribution in [3.8, 4) is 11.3 Å². The van der Waals surface area contributed by atoms with Crippen molar-refractivity contribution in [3.05, 3.63) is 58.7 Å². The Morgan fingerprint density at radius 3 is 2.19 bits per heavy atom. The van der Waals surface area contributed by atoms with Crippen molar-refractivity contribution in [2.24, 2.45) is 0 Å². The first-order valence-corrected chi connectivity index (χ1v) is 6.88. The molecule has 0 saturated heterocycles. The molecule has 0 spiro atoms. The van der Waals surface area contributed by atoms with Crippen LogP contribution in [0.2, 0.25) is 5.15 Å². The number of halogens is 3. The molecule has 0 aliphatic carbocycles. The fourth-order valence-electron chi connectivity index (χ4n) is 2.23. The molecule has 1 aromatic heterocycles. The third-order valence-electron chi connectivity index (χ3n) is 3.41. The van der Waals surface area contributed by atoms with Crippen LogP contribution in [0.3, 0.4) is 0 Å². The van der Waals surface area contributed by atoms with Crippen molar-refractivity contribution in [1.29, 1.82) is 0 Å². The second kappa shape index (κ2) is 5.37. The van der Waals surface area contributed by atoms with Gasteiger partial charge >= 0.3 is 0 Å². The van der Waals surface area contributed by atoms with Crippen LogP contribution < -0.4 is 0 Å². The molecule has 1 heterocycles. The second-order valence-electron chi connectivity index (χ2n) is 4.70. The molecule has 0 amide bonds. The van der Waals surface area contributed by atoms with Gasteiger partial charge in [-0.15, -0.1) is 10.2 Å². The minimum absolute atomic E-state index is 0.0535. The third-order valence-corrected chi connectivity index (χ3v) is 3.69. The van der Waals surface area contributed by atoms with Gasteiger partial charge in [0.05, 0.1) is 0 Å². The molecule has 3 rings (SSSR count). The largest absolute Gasteiger partial charge is 0.204 e. The van der Waals surface area contributed by atoms with Gasteiger partial charge in [0.15, 0.2) is 16.8 Å². The maximum Gasteiger partial charge on any atom is 0.159 e. The highest BCUT2D eigenvalue weighted by molar-refractivity contribution is 6.34. The Morgan fingerprint density at radius 2 is 1.57 bits per heavy atom. The zero-order valence-electron chi connectivity index (χ0n) is 11.2. The molecular formula is C16H11ClF2N2. The molecule has 0 aliphatic heterocycles. The van der Waals surface area contributed by atoms with Gasteiger partial charge in [0.25, 0.3) is 0 Å². The zero-order valence-corrected chi connectivity index (χ0v) is 12.0. The van der Waals surface area contributed by atoms with Gasteiger partial charge in [-0.25, -0.2) is 8.78 Å². The van der Waals surface area contributed by atoms with Crippen LogP contribution in [-0.4, -0.2) is 10.2 Å². The lowest BCUT2D eigenvalue weighted by Gasteiger charge is -2.07. The van der Waals surface area contributed by atoms with Gasteiger partial charge < -0.3 is 0 Å². The van der Waals surface area contributed by atoms with E-state index in [0.29, 0.717) is 16.5 Å². The minimum atomic E-state index is -0.954. The Labute approximate surface area is 125 Å². The summed E-state index contributed by atoms with van der Waals surface area (Å²) in [4.78, 5) is 0. The summed E-state index contributed by atoms with van der Waals surface area (Å²) in [6, 6.07) is 9.86. The van der Waals surface area contributed by atoms with Gasteiger partial charge in [-0.05, 0) is 24.1 Å². The van der Waals surface area contributed by atoms with Gasteiger partial charge in [0, 0.05) is 16.3 Å². The number of rotatable bonds is 2. The first kappa shape index (κ1) is 13.9. The Morgan fingerprint density at radius 1 is 0.952 bits per heavy atom. The predicted octanol–water partition coefficient (Wildman–Crippen LogP) is 4.79. The normalized spacial score (nSPS) is 11.0. The molecule has 0 saturated carbocycles. The third kappa shape index (κ3) is 2.47. The topological polar surface area (TPSA) is 25.8 Å². The lowest BCUT2D eigenvalue weighted by Crippen LogP contribution is -1.94. The molecule has 3 aromatic rings. The van der Waals surface area contributed by atoms with E-state index in [0.717, 1.165) is 24.1 Å². The molecule has 0 N–H and O–H groups in total. The number of hydrogen-bond donors (Lipinski definition) is 0. The fourth-order valence-corrected chi connectivity index (χ4v) is 2.42. The van der Waals surface area contributed by atoms with Crippen molar-refractivity contribution in [1.82, 2.24) is 10.2 Å². The van der Waals surface area contributed by atoms with Crippen LogP contribution in [0.15, 0.2) is 36.4 Å². The van der Waals surface area contributed by atoms with E-state index in [1.807, 2.05) is 24.3 Å². The van der Waals surface area contributed by atoms with E-state index in [1.165, 1.54) is 5.56 Å². The number of benzene rings is 2. The van der Waals surface area contributed by atoms with Crippen molar-refractivity contribution in [2.45, 2.75) is 13.3 Å². The summed E-state index contributed by atoms with van der Waals surface area (Å²) < 4.78 is 26.9. The molecular weight excluding hydrogens is 294 g/mol. The van der Waals surface area contributed by atoms with Crippen LogP contribution >= 0.6 is 11.6 Å². The highest BCUT2D eigenvalue weighted by atomic mass is 35.5. The Balaban J connectivity index is 2.26. The smallest absolute Gasteiger partial charge is 0.159 e. The van der Waals surface area contributed by atoms with Crippen molar-refractivity contribution < 1.29 is 8.78 Å². The molecule has 21 heavy (non-hydrogen) atoms. The predicted molar refractivity (Wildman–Crippen MR) is 79.3 cm³/mol. The number of hydrogen-bond acceptors (Lipinski definition) is 2. The first-order chi connectivity index (χ1) is 10.1. The van der Waals surface area contributed by atoms with E-state index < -0.39 is 11.6 Å². The number of aryl methyl sites for hydroxylation is 1. The highest BCUT2D eigenvalue weighted by Crippen LogP contribution is 2.31. The van der Waals surface area contributed by atoms with E-state index in [9.17, 15) is 8.78 Å². The number of aromatic nitrogens is 2. The summed E-state index contributed by atoms with van der Waals surface area (Å²) in [7, 11) is 0. The molecule has 0 unspecified atom stereocenters. The summed E-state index contributed by atoms with van der Waals surface area (Å²) in [6.07, 6.45) is 0.924. The summed E-state index contributed by atoms with van der Waals surface area (Å²) in [5, 5.41) is 8.70. The standard InChI is InChI=1S/C16H11ClF2N2/c1-2-9-3-5-10(6-4-9)15-11-7-13(18)14(19)8-12(11)16(17)21-20-15/h3-8H,2H2,1H3. The van der Waals surface area contributed by atoms with Crippen molar-refractivity contribution in [2.75, 3.05) is 0 Å². The maximum atomic E-state index is 13.5. The molecule has 0 bridgehead atoms. The summed E-state index contributed by atoms with van der Waals surface area (Å²) in [5.41, 5.74) is 2.45. The van der Waals surface area contributed by atoms with Gasteiger partial charge in [0.1, 0.15) is 5.69 Å². The van der Waals surface area contributed by atoms with Crippen LogP contribution in [0, 0.1) is 11.6 Å². The average molecular weight is 305 g/mol. The van der Waals surface area contributed by atoms with Gasteiger partial charge in [0.2, 0.25) is 0 Å². The van der Waals surface area contributed by atoms with Gasteiger partial charge in [-0.3, -0.25) is 0 Å². The molecule has 0 atom stereocenters. The van der Waals surface area contributed by atoms with Crippen molar-refractivity contribution >= 4 is 22.4 Å². The van der Waals surface area contributed by atoms with Crippen LogP contribution in [0.4, 0.5) is 8.78 Å². The maximum absolute atomic E-state index is 13.5. The van der Waals surface area contributed by atoms with Crippen LogP contribution in [0.5, 0.6) is 0 Å². The molecule has 106 valence electrons. The van der Waals surface area contributed by atoms with Crippen LogP contribution in [-0.2, 0) is 6.42 Å². The lowest BCUT2D eigenvalue weighted by atomic mass is 10.0. The zero-order chi connectivity index (χ0) is 15.0. The van der Waals surface area contributed by atoms with Crippen LogP contribution in [0.25, 0.3) is 22.0 Å². The van der Waals surface area contributed by atoms with E-state index >= 15 is 0 Å². The molecule has 2 nitrogen and oxygen atoms in total. The number of nitrogens with zero attached hydrogens (tertiary/aromatic N) is 2. The van der Waals surface area contributed by atoms with Gasteiger partial charge in [-0.1, -0.05) is 42.8 Å². The Hall–Kier alpha value is -2.07. The molecule has 0 aliphatic rings. The highest BCUT2D eigenvalue weighted by Gasteiger charge is 2.14. The van der Waals surface area contributed by atoms with E-state index in [4.69, 9.17) is 11.6 Å². The van der Waals surface area contributed by atoms with Crippen molar-refractivity contribution in [3.63, 3.8) is 0 Å². The lowest BCUT2D eigenvalue weighted by molar-refractivity contribution is 0.511. The summed E-state index contributed by atoms with van der Waals surface area (Å²) in [5.74, 6) is -1.89. The molecule has 0 fully saturated rings. The summed E-state index contributed by atoms with van der Waals surface area (Å²) >= 11 is 5.93. The van der Waals surface area contributed by atoms with E-state index in [2.05, 4.69) is 17.1 Å². The Kier molecular flexibility index (Phi) is 3.55. The first-order valence-electron chi connectivity index (χ1n) is 6.50. The van der Waals surface area contributed by atoms with E-state index in [-0.39, 0.29) is 5.15 Å². The molecule has 2 aromatic carbocycles. The Bertz CT molecular complexity index is 817. The molecule has 5 heteroatoms. The van der Waals surface area contributed by atoms with Crippen LogP contribution in [0.1, 0.15) is 12.5 Å². The monoisotopic (exact) mass is 304 g/mol. The number of fused-ring (bicyclic) bond motifs is 1.